The minimum atomic E-state index is -3.87. The van der Waals surface area contributed by atoms with Crippen LogP contribution in [-0.2, 0) is 10.0 Å². The molecule has 0 bridgehead atoms. The normalized spacial score (nSPS) is 10.7. The van der Waals surface area contributed by atoms with Gasteiger partial charge in [-0.3, -0.25) is 10.1 Å². The zero-order chi connectivity index (χ0) is 17.7. The molecule has 0 amide bonds. The Labute approximate surface area is 139 Å². The molecule has 0 saturated heterocycles. The monoisotopic (exact) mass is 345 g/mol. The first kappa shape index (κ1) is 17.5. The zero-order valence-electron chi connectivity index (χ0n) is 12.8. The van der Waals surface area contributed by atoms with Crippen LogP contribution in [0.4, 0.5) is 11.4 Å². The second kappa shape index (κ2) is 7.12. The predicted octanol–water partition coefficient (Wildman–Crippen LogP) is 1.87. The number of nitrogens with zero attached hydrogens (tertiary/aromatic N) is 1. The van der Waals surface area contributed by atoms with Gasteiger partial charge in [0.05, 0.1) is 15.4 Å². The number of nitro benzene ring substituents is 1. The van der Waals surface area contributed by atoms with Crippen molar-refractivity contribution in [3.05, 3.63) is 63.7 Å². The molecular weight excluding hydrogens is 330 g/mol. The average molecular weight is 345 g/mol. The molecule has 0 aliphatic heterocycles. The lowest BCUT2D eigenvalue weighted by molar-refractivity contribution is -0.384. The van der Waals surface area contributed by atoms with Gasteiger partial charge in [0.1, 0.15) is 5.69 Å². The highest BCUT2D eigenvalue weighted by molar-refractivity contribution is 7.89. The van der Waals surface area contributed by atoms with Crippen LogP contribution in [0, 0.1) is 22.0 Å². The van der Waals surface area contributed by atoms with E-state index in [1.807, 2.05) is 6.07 Å². The molecule has 0 aliphatic rings. The summed E-state index contributed by atoms with van der Waals surface area (Å²) in [6, 6.07) is 11.1. The van der Waals surface area contributed by atoms with Gasteiger partial charge in [-0.1, -0.05) is 37.0 Å². The van der Waals surface area contributed by atoms with E-state index in [2.05, 4.69) is 16.6 Å². The van der Waals surface area contributed by atoms with Crippen molar-refractivity contribution in [3.63, 3.8) is 0 Å². The van der Waals surface area contributed by atoms with Crippen molar-refractivity contribution in [2.75, 3.05) is 12.3 Å². The quantitative estimate of drug-likeness (QED) is 0.380. The van der Waals surface area contributed by atoms with E-state index in [-0.39, 0.29) is 22.7 Å². The van der Waals surface area contributed by atoms with E-state index in [1.165, 1.54) is 6.07 Å². The molecular formula is C16H15N3O4S. The van der Waals surface area contributed by atoms with Crippen LogP contribution in [0.25, 0.3) is 0 Å². The standard InChI is InChI=1S/C16H15N3O4S/c1-2-18-24(22,23)14-10-13(16(17)15(11-14)19(20)21)9-8-12-6-4-3-5-7-12/h3-7,10-11,18H,2,17H2,1H3. The van der Waals surface area contributed by atoms with E-state index in [9.17, 15) is 18.5 Å². The number of rotatable bonds is 4. The van der Waals surface area contributed by atoms with Crippen LogP contribution in [0.15, 0.2) is 47.4 Å². The van der Waals surface area contributed by atoms with Gasteiger partial charge in [-0.2, -0.15) is 0 Å². The minimum absolute atomic E-state index is 0.0875. The van der Waals surface area contributed by atoms with Gasteiger partial charge < -0.3 is 5.73 Å². The van der Waals surface area contributed by atoms with E-state index in [0.29, 0.717) is 5.56 Å². The Morgan fingerprint density at radius 1 is 1.21 bits per heavy atom. The summed E-state index contributed by atoms with van der Waals surface area (Å²) in [5, 5.41) is 11.1. The first-order valence-corrected chi connectivity index (χ1v) is 8.48. The fourth-order valence-electron chi connectivity index (χ4n) is 1.96. The lowest BCUT2D eigenvalue weighted by Crippen LogP contribution is -2.23. The summed E-state index contributed by atoms with van der Waals surface area (Å²) in [5.41, 5.74) is 5.88. The molecule has 0 aromatic heterocycles. The van der Waals surface area contributed by atoms with E-state index in [4.69, 9.17) is 5.73 Å². The van der Waals surface area contributed by atoms with Crippen molar-refractivity contribution in [2.24, 2.45) is 0 Å². The van der Waals surface area contributed by atoms with Crippen LogP contribution >= 0.6 is 0 Å². The Hall–Kier alpha value is -2.89. The van der Waals surface area contributed by atoms with Crippen LogP contribution in [0.5, 0.6) is 0 Å². The molecule has 0 fully saturated rings. The number of nitrogens with one attached hydrogen (secondary N) is 1. The summed E-state index contributed by atoms with van der Waals surface area (Å²) in [6.45, 7) is 1.77. The van der Waals surface area contributed by atoms with Crippen molar-refractivity contribution in [1.29, 1.82) is 0 Å². The van der Waals surface area contributed by atoms with E-state index < -0.39 is 20.6 Å². The van der Waals surface area contributed by atoms with Gasteiger partial charge in [-0.15, -0.1) is 0 Å². The van der Waals surface area contributed by atoms with E-state index in [1.54, 1.807) is 31.2 Å². The molecule has 124 valence electrons. The number of hydrogen-bond acceptors (Lipinski definition) is 5. The predicted molar refractivity (Wildman–Crippen MR) is 90.8 cm³/mol. The lowest BCUT2D eigenvalue weighted by Gasteiger charge is -2.07. The first-order chi connectivity index (χ1) is 11.3. The van der Waals surface area contributed by atoms with E-state index >= 15 is 0 Å². The summed E-state index contributed by atoms with van der Waals surface area (Å²) < 4.78 is 26.5. The summed E-state index contributed by atoms with van der Waals surface area (Å²) in [5.74, 6) is 5.52. The second-order valence-electron chi connectivity index (χ2n) is 4.78. The highest BCUT2D eigenvalue weighted by atomic mass is 32.2. The van der Waals surface area contributed by atoms with Gasteiger partial charge in [0.15, 0.2) is 0 Å². The molecule has 0 atom stereocenters. The van der Waals surface area contributed by atoms with Gasteiger partial charge in [0.2, 0.25) is 10.0 Å². The van der Waals surface area contributed by atoms with Crippen molar-refractivity contribution in [3.8, 4) is 11.8 Å². The third-order valence-electron chi connectivity index (χ3n) is 3.09. The Kier molecular flexibility index (Phi) is 5.18. The number of nitrogens with two attached hydrogens (primary N) is 1. The number of benzene rings is 2. The summed E-state index contributed by atoms with van der Waals surface area (Å²) in [7, 11) is -3.87. The third kappa shape index (κ3) is 3.90. The molecule has 0 radical (unpaired) electrons. The maximum atomic E-state index is 12.1. The molecule has 0 spiro atoms. The fourth-order valence-corrected chi connectivity index (χ4v) is 3.04. The molecule has 0 heterocycles. The largest absolute Gasteiger partial charge is 0.392 e. The van der Waals surface area contributed by atoms with Crippen molar-refractivity contribution in [2.45, 2.75) is 11.8 Å². The summed E-state index contributed by atoms with van der Waals surface area (Å²) in [4.78, 5) is 10.2. The maximum Gasteiger partial charge on any atom is 0.294 e. The topological polar surface area (TPSA) is 115 Å². The summed E-state index contributed by atoms with van der Waals surface area (Å²) in [6.07, 6.45) is 0. The van der Waals surface area contributed by atoms with Crippen LogP contribution in [0.3, 0.4) is 0 Å². The summed E-state index contributed by atoms with van der Waals surface area (Å²) >= 11 is 0. The number of hydrogen-bond donors (Lipinski definition) is 2. The third-order valence-corrected chi connectivity index (χ3v) is 4.61. The Bertz CT molecular complexity index is 929. The minimum Gasteiger partial charge on any atom is -0.392 e. The molecule has 0 saturated carbocycles. The molecule has 2 aromatic carbocycles. The molecule has 8 heteroatoms. The molecule has 24 heavy (non-hydrogen) atoms. The van der Waals surface area contributed by atoms with Crippen LogP contribution < -0.4 is 10.5 Å². The Morgan fingerprint density at radius 2 is 1.88 bits per heavy atom. The van der Waals surface area contributed by atoms with Crippen molar-refractivity contribution < 1.29 is 13.3 Å². The van der Waals surface area contributed by atoms with Crippen LogP contribution in [0.1, 0.15) is 18.1 Å². The van der Waals surface area contributed by atoms with Gasteiger partial charge >= 0.3 is 0 Å². The van der Waals surface area contributed by atoms with Gasteiger partial charge in [0.25, 0.3) is 5.69 Å². The zero-order valence-corrected chi connectivity index (χ0v) is 13.6. The van der Waals surface area contributed by atoms with Gasteiger partial charge in [-0.25, -0.2) is 13.1 Å². The number of anilines is 1. The Balaban J connectivity index is 2.61. The lowest BCUT2D eigenvalue weighted by atomic mass is 10.1. The van der Waals surface area contributed by atoms with Crippen molar-refractivity contribution >= 4 is 21.4 Å². The smallest absolute Gasteiger partial charge is 0.294 e. The highest BCUT2D eigenvalue weighted by Gasteiger charge is 2.22. The molecule has 2 rings (SSSR count). The molecule has 0 unspecified atom stereocenters. The van der Waals surface area contributed by atoms with Crippen LogP contribution in [0.2, 0.25) is 0 Å². The van der Waals surface area contributed by atoms with E-state index in [0.717, 1.165) is 6.07 Å². The number of nitro groups is 1. The second-order valence-corrected chi connectivity index (χ2v) is 6.55. The fraction of sp³-hybridized carbons (Fsp3) is 0.125. The number of nitrogen functional groups attached to an aromatic ring is 1. The van der Waals surface area contributed by atoms with Crippen molar-refractivity contribution in [1.82, 2.24) is 4.72 Å². The number of sulfonamides is 1. The molecule has 0 aliphatic carbocycles. The molecule has 3 N–H and O–H groups in total. The van der Waals surface area contributed by atoms with Gasteiger partial charge in [-0.05, 0) is 18.2 Å². The maximum absolute atomic E-state index is 12.1. The first-order valence-electron chi connectivity index (χ1n) is 7.00. The average Bonchev–Trinajstić information content (AvgIpc) is 2.54. The molecule has 2 aromatic rings. The Morgan fingerprint density at radius 3 is 2.46 bits per heavy atom. The van der Waals surface area contributed by atoms with Crippen LogP contribution in [-0.4, -0.2) is 19.9 Å². The molecule has 7 nitrogen and oxygen atoms in total. The highest BCUT2D eigenvalue weighted by Crippen LogP contribution is 2.29. The SMILES string of the molecule is CCNS(=O)(=O)c1cc(C#Cc2ccccc2)c(N)c([N+](=O)[O-])c1. The van der Waals surface area contributed by atoms with Gasteiger partial charge in [0, 0.05) is 18.2 Å².